The summed E-state index contributed by atoms with van der Waals surface area (Å²) in [6.45, 7) is 1.04. The number of amides is 1. The van der Waals surface area contributed by atoms with E-state index in [4.69, 9.17) is 10.00 Å². The molecular formula is C22H22F3N3O2. The summed E-state index contributed by atoms with van der Waals surface area (Å²) in [4.78, 5) is 14.4. The number of hydrogen-bond acceptors (Lipinski definition) is 4. The van der Waals surface area contributed by atoms with Crippen LogP contribution in [0.2, 0.25) is 0 Å². The molecule has 158 valence electrons. The molecule has 1 fully saturated rings. The zero-order valence-corrected chi connectivity index (χ0v) is 16.5. The van der Waals surface area contributed by atoms with Crippen LogP contribution in [0.1, 0.15) is 29.5 Å². The molecule has 1 heterocycles. The van der Waals surface area contributed by atoms with Gasteiger partial charge in [-0.2, -0.15) is 18.4 Å². The number of alkyl halides is 3. The van der Waals surface area contributed by atoms with E-state index in [9.17, 15) is 18.0 Å². The van der Waals surface area contributed by atoms with Crippen molar-refractivity contribution in [3.63, 3.8) is 0 Å². The molecule has 0 bridgehead atoms. The van der Waals surface area contributed by atoms with E-state index in [-0.39, 0.29) is 18.4 Å². The van der Waals surface area contributed by atoms with Gasteiger partial charge in [-0.25, -0.2) is 0 Å². The van der Waals surface area contributed by atoms with Crippen LogP contribution in [0.5, 0.6) is 5.75 Å². The van der Waals surface area contributed by atoms with Crippen molar-refractivity contribution in [3.05, 3.63) is 59.2 Å². The number of methoxy groups -OCH3 is 1. The molecule has 1 saturated heterocycles. The van der Waals surface area contributed by atoms with E-state index >= 15 is 0 Å². The molecule has 0 aliphatic carbocycles. The number of nitrogens with one attached hydrogen (secondary N) is 1. The van der Waals surface area contributed by atoms with E-state index < -0.39 is 17.3 Å². The number of para-hydroxylation sites is 1. The summed E-state index contributed by atoms with van der Waals surface area (Å²) in [5.74, 6) is 0.666. The molecule has 5 nitrogen and oxygen atoms in total. The fourth-order valence-electron chi connectivity index (χ4n) is 3.60. The van der Waals surface area contributed by atoms with Gasteiger partial charge in [-0.1, -0.05) is 18.2 Å². The van der Waals surface area contributed by atoms with Gasteiger partial charge in [0.05, 0.1) is 30.7 Å². The van der Waals surface area contributed by atoms with Crippen molar-refractivity contribution < 1.29 is 22.7 Å². The highest BCUT2D eigenvalue weighted by molar-refractivity contribution is 5.79. The van der Waals surface area contributed by atoms with E-state index in [1.54, 1.807) is 18.1 Å². The van der Waals surface area contributed by atoms with Crippen LogP contribution < -0.4 is 10.1 Å². The number of hydrogen-bond donors (Lipinski definition) is 1. The number of benzene rings is 2. The second kappa shape index (κ2) is 9.08. The van der Waals surface area contributed by atoms with Crippen molar-refractivity contribution in [1.82, 2.24) is 4.90 Å². The second-order valence-corrected chi connectivity index (χ2v) is 7.16. The molecule has 1 N–H and O–H groups in total. The maximum absolute atomic E-state index is 13.1. The van der Waals surface area contributed by atoms with Crippen LogP contribution in [0.25, 0.3) is 0 Å². The maximum atomic E-state index is 13.1. The number of rotatable bonds is 5. The average Bonchev–Trinajstić information content (AvgIpc) is 2.74. The Morgan fingerprint density at radius 1 is 1.23 bits per heavy atom. The van der Waals surface area contributed by atoms with Crippen LogP contribution in [-0.4, -0.2) is 37.0 Å². The fourth-order valence-corrected chi connectivity index (χ4v) is 3.60. The van der Waals surface area contributed by atoms with Gasteiger partial charge >= 0.3 is 6.18 Å². The predicted molar refractivity (Wildman–Crippen MR) is 106 cm³/mol. The van der Waals surface area contributed by atoms with Gasteiger partial charge < -0.3 is 15.0 Å². The van der Waals surface area contributed by atoms with Gasteiger partial charge in [0.1, 0.15) is 5.75 Å². The van der Waals surface area contributed by atoms with E-state index in [1.165, 1.54) is 12.1 Å². The van der Waals surface area contributed by atoms with E-state index in [0.29, 0.717) is 37.4 Å². The number of ether oxygens (including phenoxy) is 1. The molecule has 0 atom stereocenters. The summed E-state index contributed by atoms with van der Waals surface area (Å²) in [6, 6.07) is 12.5. The first kappa shape index (κ1) is 21.5. The molecule has 30 heavy (non-hydrogen) atoms. The summed E-state index contributed by atoms with van der Waals surface area (Å²) >= 11 is 0. The lowest BCUT2D eigenvalue weighted by molar-refractivity contribution is -0.137. The smallest absolute Gasteiger partial charge is 0.417 e. The minimum Gasteiger partial charge on any atom is -0.496 e. The Labute approximate surface area is 173 Å². The molecule has 8 heteroatoms. The van der Waals surface area contributed by atoms with Gasteiger partial charge in [-0.05, 0) is 37.1 Å². The Balaban J connectivity index is 1.58. The van der Waals surface area contributed by atoms with E-state index in [1.807, 2.05) is 24.3 Å². The third-order valence-corrected chi connectivity index (χ3v) is 5.20. The van der Waals surface area contributed by atoms with Crippen molar-refractivity contribution in [2.45, 2.75) is 31.5 Å². The number of carbonyl (C=O) groups is 1. The zero-order chi connectivity index (χ0) is 21.7. The standard InChI is InChI=1S/C22H22F3N3O2/c1-30-20-5-3-2-4-15(20)12-21(29)28-10-8-17(9-11-28)27-18-7-6-16(14-26)19(13-18)22(23,24)25/h2-7,13,17,27H,8-12H2,1H3. The molecule has 0 spiro atoms. The molecule has 0 aromatic heterocycles. The van der Waals surface area contributed by atoms with Crippen LogP contribution in [0.15, 0.2) is 42.5 Å². The number of likely N-dealkylation sites (tertiary alicyclic amines) is 1. The molecule has 0 saturated carbocycles. The molecule has 0 unspecified atom stereocenters. The van der Waals surface area contributed by atoms with Crippen molar-refractivity contribution in [2.75, 3.05) is 25.5 Å². The molecular weight excluding hydrogens is 395 g/mol. The Morgan fingerprint density at radius 3 is 2.57 bits per heavy atom. The highest BCUT2D eigenvalue weighted by Crippen LogP contribution is 2.34. The second-order valence-electron chi connectivity index (χ2n) is 7.16. The lowest BCUT2D eigenvalue weighted by atomic mass is 10.0. The SMILES string of the molecule is COc1ccccc1CC(=O)N1CCC(Nc2ccc(C#N)c(C(F)(F)F)c2)CC1. The van der Waals surface area contributed by atoms with Gasteiger partial charge in [-0.3, -0.25) is 4.79 Å². The molecule has 1 aliphatic heterocycles. The van der Waals surface area contributed by atoms with Gasteiger partial charge in [-0.15, -0.1) is 0 Å². The summed E-state index contributed by atoms with van der Waals surface area (Å²) in [6.07, 6.45) is -3.10. The summed E-state index contributed by atoms with van der Waals surface area (Å²) in [5, 5.41) is 12.0. The first-order chi connectivity index (χ1) is 14.3. The van der Waals surface area contributed by atoms with Crippen LogP contribution in [0, 0.1) is 11.3 Å². The van der Waals surface area contributed by atoms with Crippen molar-refractivity contribution in [3.8, 4) is 11.8 Å². The molecule has 3 rings (SSSR count). The largest absolute Gasteiger partial charge is 0.496 e. The minimum atomic E-state index is -4.59. The highest BCUT2D eigenvalue weighted by Gasteiger charge is 2.34. The summed E-state index contributed by atoms with van der Waals surface area (Å²) in [5.41, 5.74) is -0.202. The van der Waals surface area contributed by atoms with Crippen LogP contribution in [0.3, 0.4) is 0 Å². The third-order valence-electron chi connectivity index (χ3n) is 5.20. The quantitative estimate of drug-likeness (QED) is 0.791. The lowest BCUT2D eigenvalue weighted by Gasteiger charge is -2.33. The minimum absolute atomic E-state index is 0.00400. The molecule has 2 aromatic carbocycles. The first-order valence-corrected chi connectivity index (χ1v) is 9.59. The monoisotopic (exact) mass is 417 g/mol. The Kier molecular flexibility index (Phi) is 6.50. The van der Waals surface area contributed by atoms with Crippen LogP contribution in [0.4, 0.5) is 18.9 Å². The van der Waals surface area contributed by atoms with E-state index in [0.717, 1.165) is 11.6 Å². The van der Waals surface area contributed by atoms with Crippen molar-refractivity contribution >= 4 is 11.6 Å². The van der Waals surface area contributed by atoms with Crippen molar-refractivity contribution in [1.29, 1.82) is 5.26 Å². The first-order valence-electron chi connectivity index (χ1n) is 9.59. The fraction of sp³-hybridized carbons (Fsp3) is 0.364. The lowest BCUT2D eigenvalue weighted by Crippen LogP contribution is -2.43. The normalized spacial score (nSPS) is 14.8. The zero-order valence-electron chi connectivity index (χ0n) is 16.5. The molecule has 0 radical (unpaired) electrons. The number of carbonyl (C=O) groups excluding carboxylic acids is 1. The number of nitrogens with zero attached hydrogens (tertiary/aromatic N) is 2. The third kappa shape index (κ3) is 5.03. The Morgan fingerprint density at radius 2 is 1.93 bits per heavy atom. The Hall–Kier alpha value is -3.21. The number of piperidine rings is 1. The number of anilines is 1. The van der Waals surface area contributed by atoms with E-state index in [2.05, 4.69) is 5.32 Å². The summed E-state index contributed by atoms with van der Waals surface area (Å²) < 4.78 is 44.7. The Bertz CT molecular complexity index is 945. The van der Waals surface area contributed by atoms with Crippen molar-refractivity contribution in [2.24, 2.45) is 0 Å². The van der Waals surface area contributed by atoms with Crippen LogP contribution in [-0.2, 0) is 17.4 Å². The maximum Gasteiger partial charge on any atom is 0.417 e. The van der Waals surface area contributed by atoms with Crippen LogP contribution >= 0.6 is 0 Å². The van der Waals surface area contributed by atoms with Gasteiger partial charge in [0.15, 0.2) is 0 Å². The average molecular weight is 417 g/mol. The molecule has 2 aromatic rings. The molecule has 1 amide bonds. The summed E-state index contributed by atoms with van der Waals surface area (Å²) in [7, 11) is 1.56. The predicted octanol–water partition coefficient (Wildman–Crippen LogP) is 4.23. The topological polar surface area (TPSA) is 65.4 Å². The number of nitriles is 1. The van der Waals surface area contributed by atoms with Gasteiger partial charge in [0.25, 0.3) is 0 Å². The van der Waals surface area contributed by atoms with Gasteiger partial charge in [0, 0.05) is 30.4 Å². The molecule has 1 aliphatic rings. The number of halogens is 3. The van der Waals surface area contributed by atoms with Gasteiger partial charge in [0.2, 0.25) is 5.91 Å². The highest BCUT2D eigenvalue weighted by atomic mass is 19.4.